The normalized spacial score (nSPS) is 11.6. The van der Waals surface area contributed by atoms with E-state index in [0.29, 0.717) is 30.2 Å². The van der Waals surface area contributed by atoms with Crippen LogP contribution in [0.5, 0.6) is 11.5 Å². The van der Waals surface area contributed by atoms with Gasteiger partial charge in [0.1, 0.15) is 18.1 Å². The quantitative estimate of drug-likeness (QED) is 0.397. The minimum absolute atomic E-state index is 0.0836. The Balaban J connectivity index is 1.55. The summed E-state index contributed by atoms with van der Waals surface area (Å²) in [6.07, 6.45) is 1.16. The Hall–Kier alpha value is -3.52. The third kappa shape index (κ3) is 7.49. The highest BCUT2D eigenvalue weighted by atomic mass is 32.2. The molecule has 0 bridgehead atoms. The highest BCUT2D eigenvalue weighted by Crippen LogP contribution is 2.26. The molecule has 3 aromatic rings. The van der Waals surface area contributed by atoms with E-state index in [4.69, 9.17) is 9.47 Å². The molecule has 0 aliphatic carbocycles. The summed E-state index contributed by atoms with van der Waals surface area (Å²) in [5.74, 6) is 1.10. The molecule has 192 valence electrons. The molecule has 8 heteroatoms. The van der Waals surface area contributed by atoms with Crippen LogP contribution >= 0.6 is 0 Å². The summed E-state index contributed by atoms with van der Waals surface area (Å²) in [4.78, 5) is 12.5. The number of hydrogen-bond acceptors (Lipinski definition) is 5. The van der Waals surface area contributed by atoms with Crippen LogP contribution in [0, 0.1) is 0 Å². The zero-order chi connectivity index (χ0) is 26.3. The molecule has 0 aromatic heterocycles. The summed E-state index contributed by atoms with van der Waals surface area (Å²) in [5.41, 5.74) is 3.06. The maximum Gasteiger partial charge on any atom is 0.251 e. The number of anilines is 1. The second-order valence-electron chi connectivity index (χ2n) is 9.55. The van der Waals surface area contributed by atoms with Crippen LogP contribution in [0.1, 0.15) is 42.3 Å². The zero-order valence-electron chi connectivity index (χ0n) is 21.4. The minimum atomic E-state index is -3.53. The molecule has 0 heterocycles. The highest BCUT2D eigenvalue weighted by molar-refractivity contribution is 7.92. The van der Waals surface area contributed by atoms with E-state index in [2.05, 4.69) is 38.2 Å². The maximum atomic E-state index is 12.5. The molecule has 0 saturated carbocycles. The fourth-order valence-electron chi connectivity index (χ4n) is 3.58. The summed E-state index contributed by atoms with van der Waals surface area (Å²) in [6, 6.07) is 21.7. The topological polar surface area (TPSA) is 84.9 Å². The number of sulfonamides is 1. The van der Waals surface area contributed by atoms with Crippen LogP contribution in [0.25, 0.3) is 0 Å². The van der Waals surface area contributed by atoms with Gasteiger partial charge in [-0.25, -0.2) is 8.42 Å². The molecular formula is C28H34N2O5S. The van der Waals surface area contributed by atoms with E-state index in [0.717, 1.165) is 17.6 Å². The average Bonchev–Trinajstić information content (AvgIpc) is 2.84. The summed E-state index contributed by atoms with van der Waals surface area (Å²) >= 11 is 0. The molecular weight excluding hydrogens is 476 g/mol. The van der Waals surface area contributed by atoms with Gasteiger partial charge in [0.25, 0.3) is 5.91 Å². The molecule has 1 N–H and O–H groups in total. The number of methoxy groups -OCH3 is 1. The number of carbonyl (C=O) groups is 1. The summed E-state index contributed by atoms with van der Waals surface area (Å²) in [7, 11) is -2.00. The first-order valence-electron chi connectivity index (χ1n) is 11.7. The number of hydrogen-bond donors (Lipinski definition) is 1. The van der Waals surface area contributed by atoms with Crippen LogP contribution in [0.15, 0.2) is 72.8 Å². The van der Waals surface area contributed by atoms with Gasteiger partial charge in [0.15, 0.2) is 0 Å². The lowest BCUT2D eigenvalue weighted by Crippen LogP contribution is -2.29. The first kappa shape index (κ1) is 27.1. The van der Waals surface area contributed by atoms with Crippen molar-refractivity contribution in [3.8, 4) is 11.5 Å². The van der Waals surface area contributed by atoms with Gasteiger partial charge in [-0.05, 0) is 52.9 Å². The maximum absolute atomic E-state index is 12.5. The van der Waals surface area contributed by atoms with Crippen LogP contribution < -0.4 is 19.1 Å². The van der Waals surface area contributed by atoms with Gasteiger partial charge >= 0.3 is 0 Å². The number of rotatable bonds is 10. The van der Waals surface area contributed by atoms with Gasteiger partial charge < -0.3 is 14.8 Å². The lowest BCUT2D eigenvalue weighted by atomic mass is 9.87. The third-order valence-electron chi connectivity index (χ3n) is 5.66. The first-order chi connectivity index (χ1) is 17.0. The summed E-state index contributed by atoms with van der Waals surface area (Å²) in [5, 5.41) is 2.84. The van der Waals surface area contributed by atoms with Crippen molar-refractivity contribution < 1.29 is 22.7 Å². The van der Waals surface area contributed by atoms with E-state index >= 15 is 0 Å². The number of nitrogens with zero attached hydrogens (tertiary/aromatic N) is 1. The van der Waals surface area contributed by atoms with Gasteiger partial charge in [-0.3, -0.25) is 9.10 Å². The van der Waals surface area contributed by atoms with E-state index in [-0.39, 0.29) is 17.9 Å². The molecule has 0 unspecified atom stereocenters. The second kappa shape index (κ2) is 11.5. The molecule has 0 saturated heterocycles. The monoisotopic (exact) mass is 510 g/mol. The van der Waals surface area contributed by atoms with E-state index in [9.17, 15) is 13.2 Å². The Labute approximate surface area is 214 Å². The molecule has 7 nitrogen and oxygen atoms in total. The van der Waals surface area contributed by atoms with Crippen molar-refractivity contribution in [3.05, 3.63) is 89.5 Å². The van der Waals surface area contributed by atoms with Gasteiger partial charge in [0.05, 0.1) is 32.1 Å². The Morgan fingerprint density at radius 1 is 0.944 bits per heavy atom. The van der Waals surface area contributed by atoms with E-state index < -0.39 is 10.0 Å². The number of ether oxygens (including phenoxy) is 2. The smallest absolute Gasteiger partial charge is 0.251 e. The molecule has 1 amide bonds. The summed E-state index contributed by atoms with van der Waals surface area (Å²) < 4.78 is 37.1. The lowest BCUT2D eigenvalue weighted by Gasteiger charge is -2.23. The molecule has 0 radical (unpaired) electrons. The Morgan fingerprint density at radius 3 is 2.19 bits per heavy atom. The van der Waals surface area contributed by atoms with Gasteiger partial charge in [-0.15, -0.1) is 0 Å². The van der Waals surface area contributed by atoms with Crippen LogP contribution in [-0.4, -0.2) is 40.8 Å². The van der Waals surface area contributed by atoms with Crippen LogP contribution in [0.3, 0.4) is 0 Å². The van der Waals surface area contributed by atoms with Crippen molar-refractivity contribution in [2.45, 2.75) is 32.7 Å². The SMILES string of the molecule is COc1cccc(N(Cc2ccc(C(=O)NCCOc3ccc(C(C)(C)C)cc3)cc2)S(C)(=O)=O)c1. The molecule has 0 aliphatic rings. The zero-order valence-corrected chi connectivity index (χ0v) is 22.3. The fraction of sp³-hybridized carbons (Fsp3) is 0.321. The molecule has 3 rings (SSSR count). The molecule has 36 heavy (non-hydrogen) atoms. The number of nitrogens with one attached hydrogen (secondary N) is 1. The first-order valence-corrected chi connectivity index (χ1v) is 13.5. The summed E-state index contributed by atoms with van der Waals surface area (Å²) in [6.45, 7) is 7.32. The molecule has 0 atom stereocenters. The predicted molar refractivity (Wildman–Crippen MR) is 143 cm³/mol. The predicted octanol–water partition coefficient (Wildman–Crippen LogP) is 4.77. The molecule has 3 aromatic carbocycles. The van der Waals surface area contributed by atoms with Crippen LogP contribution in [0.4, 0.5) is 5.69 Å². The average molecular weight is 511 g/mol. The van der Waals surface area contributed by atoms with Crippen molar-refractivity contribution in [2.24, 2.45) is 0 Å². The Kier molecular flexibility index (Phi) is 8.63. The standard InChI is InChI=1S/C28H34N2O5S/c1-28(2,3)23-13-15-25(16-14-23)35-18-17-29-27(31)22-11-9-21(10-12-22)20-30(36(5,32)33)24-7-6-8-26(19-24)34-4/h6-16,19H,17-18,20H2,1-5H3,(H,29,31). The van der Waals surface area contributed by atoms with Gasteiger partial charge in [-0.2, -0.15) is 0 Å². The van der Waals surface area contributed by atoms with E-state index in [1.807, 2.05) is 12.1 Å². The van der Waals surface area contributed by atoms with E-state index in [1.54, 1.807) is 48.5 Å². The minimum Gasteiger partial charge on any atom is -0.497 e. The van der Waals surface area contributed by atoms with Crippen molar-refractivity contribution in [1.29, 1.82) is 0 Å². The lowest BCUT2D eigenvalue weighted by molar-refractivity contribution is 0.0947. The largest absolute Gasteiger partial charge is 0.497 e. The Bertz CT molecular complexity index is 1260. The number of carbonyl (C=O) groups excluding carboxylic acids is 1. The van der Waals surface area contributed by atoms with Crippen LogP contribution in [-0.2, 0) is 22.0 Å². The van der Waals surface area contributed by atoms with Crippen molar-refractivity contribution in [2.75, 3.05) is 30.8 Å². The highest BCUT2D eigenvalue weighted by Gasteiger charge is 2.19. The van der Waals surface area contributed by atoms with Crippen molar-refractivity contribution in [1.82, 2.24) is 5.32 Å². The second-order valence-corrected chi connectivity index (χ2v) is 11.5. The fourth-order valence-corrected chi connectivity index (χ4v) is 4.46. The third-order valence-corrected chi connectivity index (χ3v) is 6.80. The van der Waals surface area contributed by atoms with Gasteiger partial charge in [0, 0.05) is 11.6 Å². The van der Waals surface area contributed by atoms with E-state index in [1.165, 1.54) is 17.0 Å². The van der Waals surface area contributed by atoms with Gasteiger partial charge in [0.2, 0.25) is 10.0 Å². The number of amides is 1. The molecule has 0 fully saturated rings. The van der Waals surface area contributed by atoms with Gasteiger partial charge in [-0.1, -0.05) is 51.1 Å². The van der Waals surface area contributed by atoms with Crippen molar-refractivity contribution >= 4 is 21.6 Å². The number of benzene rings is 3. The van der Waals surface area contributed by atoms with Crippen molar-refractivity contribution in [3.63, 3.8) is 0 Å². The Morgan fingerprint density at radius 2 is 1.61 bits per heavy atom. The van der Waals surface area contributed by atoms with Crippen LogP contribution in [0.2, 0.25) is 0 Å². The molecule has 0 aliphatic heterocycles. The molecule has 0 spiro atoms.